The van der Waals surface area contributed by atoms with E-state index < -0.39 is 35.6 Å². The Balaban J connectivity index is 2.48. The molecule has 1 amide bonds. The first kappa shape index (κ1) is 19.7. The third-order valence-electron chi connectivity index (χ3n) is 3.91. The van der Waals surface area contributed by atoms with Crippen LogP contribution in [0, 0.1) is 0 Å². The van der Waals surface area contributed by atoms with Gasteiger partial charge in [-0.05, 0) is 25.5 Å². The fourth-order valence-corrected chi connectivity index (χ4v) is 2.64. The van der Waals surface area contributed by atoms with E-state index in [2.05, 4.69) is 10.3 Å². The summed E-state index contributed by atoms with van der Waals surface area (Å²) in [6.07, 6.45) is -3.11. The molecule has 7 nitrogen and oxygen atoms in total. The number of hydrogen-bond acceptors (Lipinski definition) is 4. The second kappa shape index (κ2) is 7.30. The lowest BCUT2D eigenvalue weighted by Gasteiger charge is -2.14. The molecule has 0 aliphatic carbocycles. The van der Waals surface area contributed by atoms with E-state index in [1.807, 2.05) is 6.92 Å². The number of nitrogens with zero attached hydrogens (tertiary/aromatic N) is 3. The summed E-state index contributed by atoms with van der Waals surface area (Å²) >= 11 is 0. The first-order valence-corrected chi connectivity index (χ1v) is 8.03. The molecule has 26 heavy (non-hydrogen) atoms. The van der Waals surface area contributed by atoms with Gasteiger partial charge in [-0.3, -0.25) is 18.7 Å². The van der Waals surface area contributed by atoms with Crippen LogP contribution in [0.4, 0.5) is 13.2 Å². The number of alkyl halides is 3. The van der Waals surface area contributed by atoms with E-state index in [0.29, 0.717) is 10.6 Å². The van der Waals surface area contributed by atoms with Crippen molar-refractivity contribution in [3.05, 3.63) is 38.7 Å². The van der Waals surface area contributed by atoms with Crippen molar-refractivity contribution in [2.75, 3.05) is 0 Å². The van der Waals surface area contributed by atoms with Crippen molar-refractivity contribution in [2.45, 2.75) is 45.5 Å². The van der Waals surface area contributed by atoms with E-state index in [9.17, 15) is 27.6 Å². The van der Waals surface area contributed by atoms with Crippen LogP contribution in [0.25, 0.3) is 11.0 Å². The normalized spacial score (nSPS) is 13.0. The van der Waals surface area contributed by atoms with Crippen LogP contribution in [0.1, 0.15) is 32.4 Å². The Bertz CT molecular complexity index is 947. The van der Waals surface area contributed by atoms with Crippen LogP contribution in [-0.2, 0) is 24.6 Å². The van der Waals surface area contributed by atoms with Gasteiger partial charge in [0.25, 0.3) is 5.56 Å². The molecule has 1 atom stereocenters. The predicted molar refractivity (Wildman–Crippen MR) is 88.8 cm³/mol. The van der Waals surface area contributed by atoms with Gasteiger partial charge in [0, 0.05) is 13.1 Å². The maximum atomic E-state index is 12.8. The summed E-state index contributed by atoms with van der Waals surface area (Å²) in [5, 5.41) is 2.50. The fraction of sp³-hybridized carbons (Fsp3) is 0.500. The van der Waals surface area contributed by atoms with Gasteiger partial charge in [0.05, 0.1) is 5.39 Å². The average Bonchev–Trinajstić information content (AvgIpc) is 2.55. The highest BCUT2D eigenvalue weighted by Gasteiger charge is 2.33. The Morgan fingerprint density at radius 3 is 2.54 bits per heavy atom. The average molecular weight is 372 g/mol. The summed E-state index contributed by atoms with van der Waals surface area (Å²) in [5.41, 5.74) is -3.36. The van der Waals surface area contributed by atoms with Gasteiger partial charge < -0.3 is 5.32 Å². The van der Waals surface area contributed by atoms with Gasteiger partial charge in [-0.25, -0.2) is 9.78 Å². The zero-order chi connectivity index (χ0) is 19.6. The molecular weight excluding hydrogens is 353 g/mol. The largest absolute Gasteiger partial charge is 0.433 e. The van der Waals surface area contributed by atoms with Gasteiger partial charge in [0.15, 0.2) is 0 Å². The number of aromatic nitrogens is 3. The van der Waals surface area contributed by atoms with Gasteiger partial charge in [0.1, 0.15) is 17.9 Å². The molecule has 2 aromatic heterocycles. The zero-order valence-corrected chi connectivity index (χ0v) is 14.6. The summed E-state index contributed by atoms with van der Waals surface area (Å²) < 4.78 is 39.9. The number of amides is 1. The van der Waals surface area contributed by atoms with Gasteiger partial charge in [-0.1, -0.05) is 13.3 Å². The molecule has 2 rings (SSSR count). The number of fused-ring (bicyclic) bond motifs is 1. The molecule has 0 aromatic carbocycles. The molecule has 0 radical (unpaired) electrons. The van der Waals surface area contributed by atoms with Gasteiger partial charge in [0.2, 0.25) is 5.91 Å². The molecule has 0 aliphatic rings. The molecule has 1 N–H and O–H groups in total. The second-order valence-electron chi connectivity index (χ2n) is 6.06. The first-order valence-electron chi connectivity index (χ1n) is 8.03. The van der Waals surface area contributed by atoms with E-state index in [0.717, 1.165) is 23.5 Å². The lowest BCUT2D eigenvalue weighted by atomic mass is 10.2. The highest BCUT2D eigenvalue weighted by atomic mass is 19.4. The molecule has 0 fully saturated rings. The van der Waals surface area contributed by atoms with Crippen molar-refractivity contribution in [1.82, 2.24) is 19.4 Å². The number of rotatable bonds is 5. The third kappa shape index (κ3) is 3.94. The molecule has 0 aliphatic heterocycles. The molecule has 10 heteroatoms. The minimum atomic E-state index is -4.70. The SMILES string of the molecule is CCC[C@H](C)NC(=O)Cn1c(=O)c2ccc(C(F)(F)F)nc2n(C)c1=O. The van der Waals surface area contributed by atoms with Gasteiger partial charge in [-0.15, -0.1) is 0 Å². The summed E-state index contributed by atoms with van der Waals surface area (Å²) in [6.45, 7) is 3.23. The monoisotopic (exact) mass is 372 g/mol. The standard InChI is InChI=1S/C16H19F3N4O3/c1-4-5-9(2)20-12(24)8-23-14(25)10-6-7-11(16(17,18)19)21-13(10)22(3)15(23)26/h6-7,9H,4-5,8H2,1-3H3,(H,20,24)/t9-/m0/s1. The number of carbonyl (C=O) groups excluding carboxylic acids is 1. The number of aryl methyl sites for hydroxylation is 1. The Labute approximate surface area is 146 Å². The minimum Gasteiger partial charge on any atom is -0.352 e. The van der Waals surface area contributed by atoms with Crippen molar-refractivity contribution in [3.8, 4) is 0 Å². The van der Waals surface area contributed by atoms with E-state index in [-0.39, 0.29) is 17.1 Å². The van der Waals surface area contributed by atoms with Crippen LogP contribution in [0.15, 0.2) is 21.7 Å². The van der Waals surface area contributed by atoms with Crippen LogP contribution in [-0.4, -0.2) is 26.1 Å². The van der Waals surface area contributed by atoms with Crippen molar-refractivity contribution >= 4 is 16.9 Å². The molecule has 2 aromatic rings. The van der Waals surface area contributed by atoms with Crippen LogP contribution in [0.5, 0.6) is 0 Å². The summed E-state index contributed by atoms with van der Waals surface area (Å²) in [7, 11) is 1.20. The van der Waals surface area contributed by atoms with Crippen molar-refractivity contribution < 1.29 is 18.0 Å². The van der Waals surface area contributed by atoms with Crippen LogP contribution >= 0.6 is 0 Å². The van der Waals surface area contributed by atoms with Gasteiger partial charge >= 0.3 is 11.9 Å². The Morgan fingerprint density at radius 2 is 1.96 bits per heavy atom. The molecule has 142 valence electrons. The quantitative estimate of drug-likeness (QED) is 0.860. The van der Waals surface area contributed by atoms with Crippen molar-refractivity contribution in [1.29, 1.82) is 0 Å². The highest BCUT2D eigenvalue weighted by Crippen LogP contribution is 2.28. The summed E-state index contributed by atoms with van der Waals surface area (Å²) in [6, 6.07) is 1.51. The highest BCUT2D eigenvalue weighted by molar-refractivity contribution is 5.77. The first-order chi connectivity index (χ1) is 12.1. The van der Waals surface area contributed by atoms with Crippen molar-refractivity contribution in [2.24, 2.45) is 7.05 Å². The Kier molecular flexibility index (Phi) is 5.53. The molecule has 0 saturated carbocycles. The van der Waals surface area contributed by atoms with E-state index >= 15 is 0 Å². The van der Waals surface area contributed by atoms with Crippen LogP contribution in [0.2, 0.25) is 0 Å². The van der Waals surface area contributed by atoms with E-state index in [1.165, 1.54) is 7.05 Å². The van der Waals surface area contributed by atoms with Gasteiger partial charge in [-0.2, -0.15) is 13.2 Å². The topological polar surface area (TPSA) is 86.0 Å². The summed E-state index contributed by atoms with van der Waals surface area (Å²) in [5.74, 6) is -0.524. The van der Waals surface area contributed by atoms with Crippen LogP contribution in [0.3, 0.4) is 0 Å². The lowest BCUT2D eigenvalue weighted by molar-refractivity contribution is -0.141. The third-order valence-corrected chi connectivity index (χ3v) is 3.91. The number of pyridine rings is 1. The van der Waals surface area contributed by atoms with Crippen molar-refractivity contribution in [3.63, 3.8) is 0 Å². The van der Waals surface area contributed by atoms with E-state index in [1.54, 1.807) is 6.92 Å². The minimum absolute atomic E-state index is 0.122. The molecular formula is C16H19F3N4O3. The molecule has 0 unspecified atom stereocenters. The second-order valence-corrected chi connectivity index (χ2v) is 6.06. The molecule has 0 bridgehead atoms. The van der Waals surface area contributed by atoms with E-state index in [4.69, 9.17) is 0 Å². The maximum absolute atomic E-state index is 12.8. The lowest BCUT2D eigenvalue weighted by Crippen LogP contribution is -2.45. The number of carbonyl (C=O) groups is 1. The molecule has 2 heterocycles. The fourth-order valence-electron chi connectivity index (χ4n) is 2.64. The number of hydrogen-bond donors (Lipinski definition) is 1. The Hall–Kier alpha value is -2.65. The zero-order valence-electron chi connectivity index (χ0n) is 14.6. The van der Waals surface area contributed by atoms with Crippen LogP contribution < -0.4 is 16.6 Å². The number of halogens is 3. The molecule has 0 spiro atoms. The Morgan fingerprint density at radius 1 is 1.31 bits per heavy atom. The smallest absolute Gasteiger partial charge is 0.352 e. The molecule has 0 saturated heterocycles. The predicted octanol–water partition coefficient (Wildman–Crippen LogP) is 1.42. The summed E-state index contributed by atoms with van der Waals surface area (Å²) in [4.78, 5) is 40.2. The maximum Gasteiger partial charge on any atom is 0.433 e. The number of nitrogens with one attached hydrogen (secondary N) is 1.